The fourth-order valence-corrected chi connectivity index (χ4v) is 2.37. The van der Waals surface area contributed by atoms with E-state index in [1.165, 1.54) is 0 Å². The van der Waals surface area contributed by atoms with E-state index in [-0.39, 0.29) is 18.4 Å². The average molecular weight is 305 g/mol. The van der Waals surface area contributed by atoms with Crippen molar-refractivity contribution in [2.24, 2.45) is 5.92 Å². The first-order chi connectivity index (χ1) is 10.5. The molecular weight excluding hydrogens is 282 g/mol. The van der Waals surface area contributed by atoms with E-state index < -0.39 is 6.10 Å². The van der Waals surface area contributed by atoms with Crippen LogP contribution < -0.4 is 10.1 Å². The quantitative estimate of drug-likeness (QED) is 0.861. The van der Waals surface area contributed by atoms with E-state index in [1.54, 1.807) is 32.2 Å². The van der Waals surface area contributed by atoms with E-state index in [0.29, 0.717) is 28.0 Å². The van der Waals surface area contributed by atoms with Crippen LogP contribution in [0.15, 0.2) is 22.6 Å². The van der Waals surface area contributed by atoms with Gasteiger partial charge in [0.1, 0.15) is 17.1 Å². The van der Waals surface area contributed by atoms with Crippen LogP contribution in [0.25, 0.3) is 11.0 Å². The lowest BCUT2D eigenvalue weighted by Gasteiger charge is -2.17. The third-order valence-corrected chi connectivity index (χ3v) is 4.07. The number of benzene rings is 1. The van der Waals surface area contributed by atoms with Crippen molar-refractivity contribution in [3.63, 3.8) is 0 Å². The van der Waals surface area contributed by atoms with Crippen LogP contribution in [0.4, 0.5) is 0 Å². The maximum absolute atomic E-state index is 12.4. The van der Waals surface area contributed by atoms with Crippen LogP contribution in [-0.4, -0.2) is 30.8 Å². The van der Waals surface area contributed by atoms with Gasteiger partial charge >= 0.3 is 0 Å². The molecule has 120 valence electrons. The number of aryl methyl sites for hydroxylation is 1. The summed E-state index contributed by atoms with van der Waals surface area (Å²) in [4.78, 5) is 12.4. The first kappa shape index (κ1) is 16.4. The smallest absolute Gasteiger partial charge is 0.255 e. The molecule has 1 amide bonds. The molecule has 0 saturated heterocycles. The SMILES string of the molecule is CCC(C)C(O)CNC(=O)c1c(C)oc2ccc(OC)cc12. The molecule has 2 unspecified atom stereocenters. The second-order valence-corrected chi connectivity index (χ2v) is 5.56. The second kappa shape index (κ2) is 6.83. The van der Waals surface area contributed by atoms with Crippen LogP contribution in [0.5, 0.6) is 5.75 Å². The molecule has 5 nitrogen and oxygen atoms in total. The van der Waals surface area contributed by atoms with Gasteiger partial charge in [-0.25, -0.2) is 0 Å². The van der Waals surface area contributed by atoms with Crippen molar-refractivity contribution in [3.8, 4) is 5.75 Å². The zero-order chi connectivity index (χ0) is 16.3. The van der Waals surface area contributed by atoms with Crippen LogP contribution >= 0.6 is 0 Å². The molecular formula is C17H23NO4. The number of ether oxygens (including phenoxy) is 1. The average Bonchev–Trinajstić information content (AvgIpc) is 2.86. The Morgan fingerprint density at radius 1 is 1.45 bits per heavy atom. The second-order valence-electron chi connectivity index (χ2n) is 5.56. The summed E-state index contributed by atoms with van der Waals surface area (Å²) in [5.41, 5.74) is 1.14. The van der Waals surface area contributed by atoms with Crippen molar-refractivity contribution in [1.82, 2.24) is 5.32 Å². The third-order valence-electron chi connectivity index (χ3n) is 4.07. The summed E-state index contributed by atoms with van der Waals surface area (Å²) in [5.74, 6) is 1.12. The molecule has 1 heterocycles. The molecule has 2 rings (SSSR count). The van der Waals surface area contributed by atoms with Crippen molar-refractivity contribution in [2.45, 2.75) is 33.3 Å². The minimum atomic E-state index is -0.554. The molecule has 0 fully saturated rings. The molecule has 0 aliphatic heterocycles. The topological polar surface area (TPSA) is 71.7 Å². The van der Waals surface area contributed by atoms with Gasteiger partial charge in [0.05, 0.1) is 18.8 Å². The zero-order valence-corrected chi connectivity index (χ0v) is 13.5. The maximum Gasteiger partial charge on any atom is 0.255 e. The summed E-state index contributed by atoms with van der Waals surface area (Å²) in [6.07, 6.45) is 0.309. The summed E-state index contributed by atoms with van der Waals surface area (Å²) in [7, 11) is 1.58. The Balaban J connectivity index is 2.22. The highest BCUT2D eigenvalue weighted by Gasteiger charge is 2.20. The predicted octanol–water partition coefficient (Wildman–Crippen LogP) is 2.89. The van der Waals surface area contributed by atoms with Gasteiger partial charge in [-0.15, -0.1) is 0 Å². The summed E-state index contributed by atoms with van der Waals surface area (Å²) >= 11 is 0. The van der Waals surface area contributed by atoms with Gasteiger partial charge in [-0.1, -0.05) is 20.3 Å². The van der Waals surface area contributed by atoms with Gasteiger partial charge in [-0.05, 0) is 31.0 Å². The number of aliphatic hydroxyl groups excluding tert-OH is 1. The van der Waals surface area contributed by atoms with E-state index in [4.69, 9.17) is 9.15 Å². The minimum absolute atomic E-state index is 0.141. The van der Waals surface area contributed by atoms with E-state index in [0.717, 1.165) is 6.42 Å². The maximum atomic E-state index is 12.4. The van der Waals surface area contributed by atoms with Crippen LogP contribution in [0.1, 0.15) is 36.4 Å². The fraction of sp³-hybridized carbons (Fsp3) is 0.471. The number of hydrogen-bond donors (Lipinski definition) is 2. The number of furan rings is 1. The van der Waals surface area contributed by atoms with Gasteiger partial charge in [-0.3, -0.25) is 4.79 Å². The highest BCUT2D eigenvalue weighted by Crippen LogP contribution is 2.28. The number of fused-ring (bicyclic) bond motifs is 1. The predicted molar refractivity (Wildman–Crippen MR) is 85.3 cm³/mol. The molecule has 0 spiro atoms. The van der Waals surface area contributed by atoms with Gasteiger partial charge in [0, 0.05) is 11.9 Å². The molecule has 22 heavy (non-hydrogen) atoms. The number of hydrogen-bond acceptors (Lipinski definition) is 4. The van der Waals surface area contributed by atoms with E-state index in [2.05, 4.69) is 5.32 Å². The van der Waals surface area contributed by atoms with E-state index >= 15 is 0 Å². The van der Waals surface area contributed by atoms with E-state index in [9.17, 15) is 9.90 Å². The van der Waals surface area contributed by atoms with Crippen LogP contribution in [-0.2, 0) is 0 Å². The van der Waals surface area contributed by atoms with Crippen molar-refractivity contribution in [3.05, 3.63) is 29.5 Å². The van der Waals surface area contributed by atoms with Gasteiger partial charge in [-0.2, -0.15) is 0 Å². The standard InChI is InChI=1S/C17H23NO4/c1-5-10(2)14(19)9-18-17(20)16-11(3)22-15-7-6-12(21-4)8-13(15)16/h6-8,10,14,19H,5,9H2,1-4H3,(H,18,20). The summed E-state index contributed by atoms with van der Waals surface area (Å²) in [5, 5.41) is 13.5. The Morgan fingerprint density at radius 2 is 2.18 bits per heavy atom. The van der Waals surface area contributed by atoms with E-state index in [1.807, 2.05) is 13.8 Å². The lowest BCUT2D eigenvalue weighted by atomic mass is 10.0. The minimum Gasteiger partial charge on any atom is -0.497 e. The fourth-order valence-electron chi connectivity index (χ4n) is 2.37. The Morgan fingerprint density at radius 3 is 2.82 bits per heavy atom. The van der Waals surface area contributed by atoms with Crippen molar-refractivity contribution in [1.29, 1.82) is 0 Å². The van der Waals surface area contributed by atoms with Gasteiger partial charge in [0.2, 0.25) is 0 Å². The largest absolute Gasteiger partial charge is 0.497 e. The molecule has 2 N–H and O–H groups in total. The highest BCUT2D eigenvalue weighted by molar-refractivity contribution is 6.07. The summed E-state index contributed by atoms with van der Waals surface area (Å²) in [6.45, 7) is 5.95. The van der Waals surface area contributed by atoms with Gasteiger partial charge in [0.15, 0.2) is 0 Å². The molecule has 2 atom stereocenters. The number of amides is 1. The molecule has 0 bridgehead atoms. The number of nitrogens with one attached hydrogen (secondary N) is 1. The Bertz CT molecular complexity index is 662. The van der Waals surface area contributed by atoms with Crippen molar-refractivity contribution in [2.75, 3.05) is 13.7 Å². The zero-order valence-electron chi connectivity index (χ0n) is 13.5. The Hall–Kier alpha value is -2.01. The number of methoxy groups -OCH3 is 1. The first-order valence-corrected chi connectivity index (χ1v) is 7.51. The lowest BCUT2D eigenvalue weighted by molar-refractivity contribution is 0.0850. The molecule has 0 aliphatic carbocycles. The molecule has 2 aromatic rings. The molecule has 5 heteroatoms. The van der Waals surface area contributed by atoms with Crippen LogP contribution in [0.2, 0.25) is 0 Å². The van der Waals surface area contributed by atoms with Crippen molar-refractivity contribution < 1.29 is 19.1 Å². The molecule has 1 aromatic carbocycles. The van der Waals surface area contributed by atoms with Gasteiger partial charge < -0.3 is 19.6 Å². The lowest BCUT2D eigenvalue weighted by Crippen LogP contribution is -2.35. The first-order valence-electron chi connectivity index (χ1n) is 7.51. The Labute approximate surface area is 130 Å². The number of rotatable bonds is 6. The molecule has 0 radical (unpaired) electrons. The Kier molecular flexibility index (Phi) is 5.08. The summed E-state index contributed by atoms with van der Waals surface area (Å²) in [6, 6.07) is 5.36. The third kappa shape index (κ3) is 3.25. The van der Waals surface area contributed by atoms with Gasteiger partial charge in [0.25, 0.3) is 5.91 Å². The molecule has 0 saturated carbocycles. The normalized spacial score (nSPS) is 13.9. The van der Waals surface area contributed by atoms with Crippen LogP contribution in [0, 0.1) is 12.8 Å². The monoisotopic (exact) mass is 305 g/mol. The number of carbonyl (C=O) groups excluding carboxylic acids is 1. The number of aliphatic hydroxyl groups is 1. The van der Waals surface area contributed by atoms with Crippen LogP contribution in [0.3, 0.4) is 0 Å². The summed E-state index contributed by atoms with van der Waals surface area (Å²) < 4.78 is 10.8. The highest BCUT2D eigenvalue weighted by atomic mass is 16.5. The van der Waals surface area contributed by atoms with Crippen molar-refractivity contribution >= 4 is 16.9 Å². The number of carbonyl (C=O) groups is 1. The molecule has 0 aliphatic rings. The molecule has 1 aromatic heterocycles.